The second-order valence-electron chi connectivity index (χ2n) is 4.49. The van der Waals surface area contributed by atoms with E-state index in [2.05, 4.69) is 30.2 Å². The van der Waals surface area contributed by atoms with Crippen molar-refractivity contribution in [2.75, 3.05) is 6.54 Å². The van der Waals surface area contributed by atoms with Gasteiger partial charge in [0.1, 0.15) is 16.9 Å². The van der Waals surface area contributed by atoms with Gasteiger partial charge in [0.25, 0.3) is 0 Å². The predicted octanol–water partition coefficient (Wildman–Crippen LogP) is 4.23. The van der Waals surface area contributed by atoms with Crippen LogP contribution in [-0.2, 0) is 0 Å². The van der Waals surface area contributed by atoms with Crippen molar-refractivity contribution in [1.82, 2.24) is 10.3 Å². The lowest BCUT2D eigenvalue weighted by atomic mass is 10.2. The van der Waals surface area contributed by atoms with Gasteiger partial charge in [-0.15, -0.1) is 11.3 Å². The number of hydrogen-bond donors (Lipinski definition) is 1. The monoisotopic (exact) mass is 272 g/mol. The highest BCUT2D eigenvalue weighted by Crippen LogP contribution is 2.34. The SMILES string of the molecule is CCNC(C)c1cnc(-c2coc3ccccc23)s1. The minimum absolute atomic E-state index is 0.342. The summed E-state index contributed by atoms with van der Waals surface area (Å²) in [5, 5.41) is 5.55. The van der Waals surface area contributed by atoms with Crippen molar-refractivity contribution in [2.45, 2.75) is 19.9 Å². The van der Waals surface area contributed by atoms with Gasteiger partial charge in [0.2, 0.25) is 0 Å². The molecule has 0 spiro atoms. The molecule has 1 N–H and O–H groups in total. The second-order valence-corrected chi connectivity index (χ2v) is 5.55. The Morgan fingerprint density at radius 2 is 2.21 bits per heavy atom. The van der Waals surface area contributed by atoms with Crippen LogP contribution in [0, 0.1) is 0 Å². The Morgan fingerprint density at radius 1 is 1.37 bits per heavy atom. The van der Waals surface area contributed by atoms with Crippen molar-refractivity contribution in [2.24, 2.45) is 0 Å². The summed E-state index contributed by atoms with van der Waals surface area (Å²) in [5.74, 6) is 0. The van der Waals surface area contributed by atoms with Gasteiger partial charge in [-0.05, 0) is 19.5 Å². The fourth-order valence-electron chi connectivity index (χ4n) is 2.16. The maximum atomic E-state index is 5.57. The molecule has 4 heteroatoms. The molecular formula is C15H16N2OS. The number of furan rings is 1. The summed E-state index contributed by atoms with van der Waals surface area (Å²) in [6, 6.07) is 8.40. The lowest BCUT2D eigenvalue weighted by Crippen LogP contribution is -2.16. The number of fused-ring (bicyclic) bond motifs is 1. The van der Waals surface area contributed by atoms with E-state index < -0.39 is 0 Å². The molecule has 3 rings (SSSR count). The number of nitrogens with zero attached hydrogens (tertiary/aromatic N) is 1. The third-order valence-corrected chi connectivity index (χ3v) is 4.39. The highest BCUT2D eigenvalue weighted by molar-refractivity contribution is 7.15. The highest BCUT2D eigenvalue weighted by atomic mass is 32.1. The van der Waals surface area contributed by atoms with Gasteiger partial charge in [0.05, 0.1) is 5.56 Å². The number of rotatable bonds is 4. The Labute approximate surface area is 116 Å². The highest BCUT2D eigenvalue weighted by Gasteiger charge is 2.13. The third-order valence-electron chi connectivity index (χ3n) is 3.17. The molecule has 2 aromatic heterocycles. The molecule has 19 heavy (non-hydrogen) atoms. The zero-order valence-corrected chi connectivity index (χ0v) is 11.8. The topological polar surface area (TPSA) is 38.1 Å². The van der Waals surface area contributed by atoms with Gasteiger partial charge in [-0.1, -0.05) is 25.1 Å². The number of aromatic nitrogens is 1. The van der Waals surface area contributed by atoms with Crippen molar-refractivity contribution >= 4 is 22.3 Å². The second kappa shape index (κ2) is 5.15. The first-order chi connectivity index (χ1) is 9.29. The van der Waals surface area contributed by atoms with Gasteiger partial charge in [0, 0.05) is 22.5 Å². The number of hydrogen-bond acceptors (Lipinski definition) is 4. The quantitative estimate of drug-likeness (QED) is 0.772. The summed E-state index contributed by atoms with van der Waals surface area (Å²) >= 11 is 1.72. The molecule has 3 aromatic rings. The number of thiazole rings is 1. The summed E-state index contributed by atoms with van der Waals surface area (Å²) in [6.45, 7) is 5.24. The molecule has 0 aliphatic carbocycles. The zero-order chi connectivity index (χ0) is 13.2. The number of nitrogens with one attached hydrogen (secondary N) is 1. The van der Waals surface area contributed by atoms with Crippen LogP contribution in [-0.4, -0.2) is 11.5 Å². The Balaban J connectivity index is 1.98. The van der Waals surface area contributed by atoms with Gasteiger partial charge in [-0.3, -0.25) is 0 Å². The van der Waals surface area contributed by atoms with E-state index in [0.29, 0.717) is 6.04 Å². The summed E-state index contributed by atoms with van der Waals surface area (Å²) in [5.41, 5.74) is 1.99. The molecular weight excluding hydrogens is 256 g/mol. The zero-order valence-electron chi connectivity index (χ0n) is 11.0. The molecule has 1 aromatic carbocycles. The lowest BCUT2D eigenvalue weighted by molar-refractivity contribution is 0.606. The summed E-state index contributed by atoms with van der Waals surface area (Å²) < 4.78 is 5.57. The molecule has 0 amide bonds. The van der Waals surface area contributed by atoms with Gasteiger partial charge in [-0.2, -0.15) is 0 Å². The van der Waals surface area contributed by atoms with Gasteiger partial charge in [-0.25, -0.2) is 4.98 Å². The van der Waals surface area contributed by atoms with Crippen LogP contribution in [0.3, 0.4) is 0 Å². The van der Waals surface area contributed by atoms with E-state index in [4.69, 9.17) is 4.42 Å². The third kappa shape index (κ3) is 2.29. The van der Waals surface area contributed by atoms with Crippen LogP contribution >= 0.6 is 11.3 Å². The fourth-order valence-corrected chi connectivity index (χ4v) is 3.12. The van der Waals surface area contributed by atoms with E-state index in [-0.39, 0.29) is 0 Å². The average Bonchev–Trinajstić information content (AvgIpc) is 3.05. The molecule has 1 atom stereocenters. The molecule has 0 saturated carbocycles. The maximum Gasteiger partial charge on any atom is 0.134 e. The standard InChI is InChI=1S/C15H16N2OS/c1-3-16-10(2)14-8-17-15(19-14)12-9-18-13-7-5-4-6-11(12)13/h4-10,16H,3H2,1-2H3. The van der Waals surface area contributed by atoms with Crippen LogP contribution < -0.4 is 5.32 Å². The minimum atomic E-state index is 0.342. The van der Waals surface area contributed by atoms with E-state index in [1.54, 1.807) is 17.6 Å². The molecule has 3 nitrogen and oxygen atoms in total. The Hall–Kier alpha value is -1.65. The minimum Gasteiger partial charge on any atom is -0.464 e. The van der Waals surface area contributed by atoms with Crippen LogP contribution in [0.1, 0.15) is 24.8 Å². The van der Waals surface area contributed by atoms with Crippen molar-refractivity contribution in [1.29, 1.82) is 0 Å². The lowest BCUT2D eigenvalue weighted by Gasteiger charge is -2.07. The normalized spacial score (nSPS) is 12.9. The Morgan fingerprint density at radius 3 is 3.05 bits per heavy atom. The maximum absolute atomic E-state index is 5.57. The molecule has 2 heterocycles. The Kier molecular flexibility index (Phi) is 3.36. The first kappa shape index (κ1) is 12.4. The van der Waals surface area contributed by atoms with Gasteiger partial charge < -0.3 is 9.73 Å². The van der Waals surface area contributed by atoms with E-state index in [0.717, 1.165) is 28.1 Å². The molecule has 0 aliphatic heterocycles. The summed E-state index contributed by atoms with van der Waals surface area (Å²) in [7, 11) is 0. The average molecular weight is 272 g/mol. The van der Waals surface area contributed by atoms with Crippen molar-refractivity contribution < 1.29 is 4.42 Å². The largest absolute Gasteiger partial charge is 0.464 e. The summed E-state index contributed by atoms with van der Waals surface area (Å²) in [4.78, 5) is 5.78. The van der Waals surface area contributed by atoms with Gasteiger partial charge >= 0.3 is 0 Å². The van der Waals surface area contributed by atoms with E-state index in [9.17, 15) is 0 Å². The van der Waals surface area contributed by atoms with Crippen LogP contribution in [0.4, 0.5) is 0 Å². The molecule has 0 saturated heterocycles. The molecule has 0 aliphatic rings. The van der Waals surface area contributed by atoms with Crippen molar-refractivity contribution in [3.05, 3.63) is 41.6 Å². The molecule has 0 bridgehead atoms. The fraction of sp³-hybridized carbons (Fsp3) is 0.267. The van der Waals surface area contributed by atoms with Gasteiger partial charge in [0.15, 0.2) is 0 Å². The Bertz CT molecular complexity index is 686. The van der Waals surface area contributed by atoms with Crippen LogP contribution in [0.5, 0.6) is 0 Å². The van der Waals surface area contributed by atoms with Crippen molar-refractivity contribution in [3.8, 4) is 10.6 Å². The first-order valence-electron chi connectivity index (χ1n) is 6.45. The predicted molar refractivity (Wildman–Crippen MR) is 79.4 cm³/mol. The van der Waals surface area contributed by atoms with Crippen LogP contribution in [0.15, 0.2) is 41.1 Å². The smallest absolute Gasteiger partial charge is 0.134 e. The molecule has 1 unspecified atom stereocenters. The summed E-state index contributed by atoms with van der Waals surface area (Å²) in [6.07, 6.45) is 3.75. The van der Waals surface area contributed by atoms with E-state index in [1.165, 1.54) is 4.88 Å². The van der Waals surface area contributed by atoms with E-state index in [1.807, 2.05) is 24.4 Å². The molecule has 0 radical (unpaired) electrons. The number of para-hydroxylation sites is 1. The van der Waals surface area contributed by atoms with Crippen LogP contribution in [0.2, 0.25) is 0 Å². The van der Waals surface area contributed by atoms with Crippen molar-refractivity contribution in [3.63, 3.8) is 0 Å². The number of benzene rings is 1. The first-order valence-corrected chi connectivity index (χ1v) is 7.27. The van der Waals surface area contributed by atoms with E-state index >= 15 is 0 Å². The molecule has 98 valence electrons. The van der Waals surface area contributed by atoms with Crippen LogP contribution in [0.25, 0.3) is 21.5 Å². The molecule has 0 fully saturated rings.